The third-order valence-corrected chi connectivity index (χ3v) is 1.50. The van der Waals surface area contributed by atoms with Gasteiger partial charge in [-0.05, 0) is 0 Å². The second-order valence-electron chi connectivity index (χ2n) is 0.885. The normalized spacial score (nSPS) is 12.2. The monoisotopic (exact) mass is 239 g/mol. The van der Waals surface area contributed by atoms with E-state index in [1.54, 1.807) is 0 Å². The summed E-state index contributed by atoms with van der Waals surface area (Å²) in [4.78, 5) is 0. The van der Waals surface area contributed by atoms with Gasteiger partial charge in [0, 0.05) is 0 Å². The van der Waals surface area contributed by atoms with Gasteiger partial charge in [-0.3, -0.25) is 0 Å². The average Bonchev–Trinajstić information content (AvgIpc) is 1.14. The van der Waals surface area contributed by atoms with E-state index in [1.165, 1.54) is 0 Å². The molecule has 0 N–H and O–H groups in total. The largest absolute Gasteiger partial charge is 2.00 e. The Labute approximate surface area is 67.8 Å². The molecule has 0 unspecified atom stereocenters. The molecule has 0 saturated heterocycles. The van der Waals surface area contributed by atoms with Crippen LogP contribution in [0.1, 0.15) is 0 Å². The Hall–Kier alpha value is 0.299. The van der Waals surface area contributed by atoms with Crippen molar-refractivity contribution in [3.8, 4) is 0 Å². The maximum Gasteiger partial charge on any atom is 2.00 e. The summed E-state index contributed by atoms with van der Waals surface area (Å²) >= 11 is 0. The first kappa shape index (κ1) is 12.9. The maximum absolute atomic E-state index is 9.29. The van der Waals surface area contributed by atoms with Crippen molar-refractivity contribution in [1.82, 2.24) is 0 Å². The summed E-state index contributed by atoms with van der Waals surface area (Å²) in [6.45, 7) is 0. The molecule has 0 aliphatic carbocycles. The number of hydrogen-bond acceptors (Lipinski definition) is 7. The van der Waals surface area contributed by atoms with Crippen LogP contribution in [0.25, 0.3) is 0 Å². The predicted molar refractivity (Wildman–Crippen MR) is 20.5 cm³/mol. The van der Waals surface area contributed by atoms with E-state index in [4.69, 9.17) is 0 Å². The van der Waals surface area contributed by atoms with Crippen molar-refractivity contribution in [2.45, 2.75) is 0 Å². The van der Waals surface area contributed by atoms with Gasteiger partial charge in [0.1, 0.15) is 0 Å². The molecule has 10 heteroatoms. The topological polar surface area (TPSA) is 124 Å². The summed E-state index contributed by atoms with van der Waals surface area (Å²) in [7, 11) is -10.9. The van der Waals surface area contributed by atoms with Crippen molar-refractivity contribution in [1.29, 1.82) is 0 Å². The minimum absolute atomic E-state index is 0. The summed E-state index contributed by atoms with van der Waals surface area (Å²) < 4.78 is 58.2. The van der Waals surface area contributed by atoms with Gasteiger partial charge in [-0.1, -0.05) is 0 Å². The van der Waals surface area contributed by atoms with Crippen LogP contribution in [0, 0.1) is 0 Å². The molecule has 7 nitrogen and oxygen atoms in total. The Morgan fingerprint density at radius 1 is 0.900 bits per heavy atom. The minimum Gasteiger partial charge on any atom is -0.725 e. The SMILES string of the molecule is O=S(=O)([O-])OS(=O)(=O)[O-].[Cu+2]. The van der Waals surface area contributed by atoms with Gasteiger partial charge in [0.15, 0.2) is 0 Å². The molecular weight excluding hydrogens is 240 g/mol. The van der Waals surface area contributed by atoms with Crippen molar-refractivity contribution < 1.29 is 46.6 Å². The molecule has 0 saturated carbocycles. The molecule has 0 aliphatic rings. The summed E-state index contributed by atoms with van der Waals surface area (Å²) in [6, 6.07) is 0. The van der Waals surface area contributed by atoms with E-state index in [9.17, 15) is 25.9 Å². The molecule has 0 aromatic rings. The van der Waals surface area contributed by atoms with E-state index < -0.39 is 20.8 Å². The van der Waals surface area contributed by atoms with Crippen molar-refractivity contribution >= 4 is 20.8 Å². The number of hydrogen-bond donors (Lipinski definition) is 0. The smallest absolute Gasteiger partial charge is 0.725 e. The number of rotatable bonds is 2. The van der Waals surface area contributed by atoms with E-state index in [1.807, 2.05) is 0 Å². The molecule has 65 valence electrons. The quantitative estimate of drug-likeness (QED) is 0.308. The molecule has 0 aromatic carbocycles. The summed E-state index contributed by atoms with van der Waals surface area (Å²) in [6.07, 6.45) is 0. The maximum atomic E-state index is 9.29. The molecule has 0 fully saturated rings. The van der Waals surface area contributed by atoms with Gasteiger partial charge in [-0.25, -0.2) is 16.8 Å². The predicted octanol–water partition coefficient (Wildman–Crippen LogP) is -2.08. The van der Waals surface area contributed by atoms with E-state index >= 15 is 0 Å². The van der Waals surface area contributed by atoms with Crippen molar-refractivity contribution in [2.24, 2.45) is 0 Å². The first-order valence-corrected chi connectivity index (χ1v) is 4.00. The third kappa shape index (κ3) is 11.1. The van der Waals surface area contributed by atoms with Crippen LogP contribution in [-0.4, -0.2) is 25.9 Å². The Kier molecular flexibility index (Phi) is 4.68. The molecule has 0 bridgehead atoms. The van der Waals surface area contributed by atoms with Gasteiger partial charge in [0.25, 0.3) is 0 Å². The van der Waals surface area contributed by atoms with Crippen LogP contribution in [0.4, 0.5) is 0 Å². The van der Waals surface area contributed by atoms with E-state index in [-0.39, 0.29) is 17.1 Å². The first-order chi connectivity index (χ1) is 3.71. The average molecular weight is 240 g/mol. The fraction of sp³-hybridized carbons (Fsp3) is 0. The molecule has 0 heterocycles. The van der Waals surface area contributed by atoms with E-state index in [0.717, 1.165) is 0 Å². The Morgan fingerprint density at radius 2 is 1.10 bits per heavy atom. The zero-order chi connectivity index (χ0) is 7.71. The van der Waals surface area contributed by atoms with Gasteiger partial charge in [0.2, 0.25) is 20.8 Å². The zero-order valence-corrected chi connectivity index (χ0v) is 6.55. The molecule has 0 amide bonds. The van der Waals surface area contributed by atoms with Crippen LogP contribution < -0.4 is 0 Å². The van der Waals surface area contributed by atoms with Crippen molar-refractivity contribution in [3.63, 3.8) is 0 Å². The minimum atomic E-state index is -5.43. The van der Waals surface area contributed by atoms with Crippen LogP contribution in [0.15, 0.2) is 0 Å². The molecule has 0 rings (SSSR count). The van der Waals surface area contributed by atoms with Crippen LogP contribution in [-0.2, 0) is 41.5 Å². The fourth-order valence-electron chi connectivity index (χ4n) is 0.102. The summed E-state index contributed by atoms with van der Waals surface area (Å²) in [5.41, 5.74) is 0. The second-order valence-corrected chi connectivity index (χ2v) is 3.06. The van der Waals surface area contributed by atoms with E-state index in [2.05, 4.69) is 3.63 Å². The van der Waals surface area contributed by atoms with Crippen LogP contribution in [0.2, 0.25) is 0 Å². The first-order valence-electron chi connectivity index (χ1n) is 1.33. The van der Waals surface area contributed by atoms with Crippen molar-refractivity contribution in [2.75, 3.05) is 0 Å². The van der Waals surface area contributed by atoms with Gasteiger partial charge >= 0.3 is 17.1 Å². The third-order valence-electron chi connectivity index (χ3n) is 0.167. The van der Waals surface area contributed by atoms with Crippen molar-refractivity contribution in [3.05, 3.63) is 0 Å². The molecule has 1 radical (unpaired) electrons. The Morgan fingerprint density at radius 3 is 1.10 bits per heavy atom. The zero-order valence-electron chi connectivity index (χ0n) is 3.98. The van der Waals surface area contributed by atoms with Gasteiger partial charge in [-0.2, -0.15) is 3.63 Å². The van der Waals surface area contributed by atoms with Gasteiger partial charge in [-0.15, -0.1) is 0 Å². The van der Waals surface area contributed by atoms with Crippen LogP contribution in [0.5, 0.6) is 0 Å². The van der Waals surface area contributed by atoms with Gasteiger partial charge in [0.05, 0.1) is 0 Å². The Bertz CT molecular complexity index is 237. The molecule has 0 aromatic heterocycles. The molecular formula is CuO7S2. The summed E-state index contributed by atoms with van der Waals surface area (Å²) in [5, 5.41) is 0. The Balaban J connectivity index is 0. The molecule has 0 aliphatic heterocycles. The van der Waals surface area contributed by atoms with Gasteiger partial charge < -0.3 is 9.11 Å². The summed E-state index contributed by atoms with van der Waals surface area (Å²) in [5.74, 6) is 0. The molecule has 0 spiro atoms. The fourth-order valence-corrected chi connectivity index (χ4v) is 0.919. The van der Waals surface area contributed by atoms with Crippen LogP contribution in [0.3, 0.4) is 0 Å². The van der Waals surface area contributed by atoms with E-state index in [0.29, 0.717) is 0 Å². The van der Waals surface area contributed by atoms with Crippen LogP contribution >= 0.6 is 0 Å². The molecule has 10 heavy (non-hydrogen) atoms. The second kappa shape index (κ2) is 3.62. The molecule has 0 atom stereocenters. The standard InChI is InChI=1S/Cu.H2O7S2/c;1-8(2,3)7-9(4,5)6/h;(H,1,2,3)(H,4,5,6)/q+2;/p-2.